The van der Waals surface area contributed by atoms with E-state index in [0.29, 0.717) is 12.2 Å². The van der Waals surface area contributed by atoms with Crippen molar-refractivity contribution in [1.29, 1.82) is 0 Å². The second kappa shape index (κ2) is 5.55. The Morgan fingerprint density at radius 3 is 2.73 bits per heavy atom. The fraction of sp³-hybridized carbons (Fsp3) is 0.333. The Kier molecular flexibility index (Phi) is 4.36. The van der Waals surface area contributed by atoms with E-state index in [1.54, 1.807) is 12.3 Å². The lowest BCUT2D eigenvalue weighted by Crippen LogP contribution is -2.36. The van der Waals surface area contributed by atoms with Crippen molar-refractivity contribution in [3.05, 3.63) is 22.4 Å². The monoisotopic (exact) mass is 273 g/mol. The molecule has 0 spiro atoms. The van der Waals surface area contributed by atoms with E-state index in [1.165, 1.54) is 0 Å². The van der Waals surface area contributed by atoms with Gasteiger partial charge in [-0.15, -0.1) is 0 Å². The number of rotatable bonds is 4. The van der Waals surface area contributed by atoms with Gasteiger partial charge in [0.25, 0.3) is 5.91 Å². The van der Waals surface area contributed by atoms with Crippen LogP contribution in [0.15, 0.2) is 16.7 Å². The van der Waals surface area contributed by atoms with Gasteiger partial charge in [-0.3, -0.25) is 9.59 Å². The number of hydrogen-bond donors (Lipinski definition) is 3. The number of amides is 2. The first-order chi connectivity index (χ1) is 7.13. The van der Waals surface area contributed by atoms with E-state index in [4.69, 9.17) is 0 Å². The fourth-order valence-corrected chi connectivity index (χ4v) is 1.36. The van der Waals surface area contributed by atoms with Crippen molar-refractivity contribution >= 4 is 27.7 Å². The molecule has 0 radical (unpaired) electrons. The summed E-state index contributed by atoms with van der Waals surface area (Å²) in [5, 5.41) is 5.08. The van der Waals surface area contributed by atoms with Crippen molar-refractivity contribution in [2.75, 3.05) is 13.1 Å². The van der Waals surface area contributed by atoms with Crippen LogP contribution in [0.25, 0.3) is 0 Å². The van der Waals surface area contributed by atoms with Crippen molar-refractivity contribution in [1.82, 2.24) is 15.6 Å². The van der Waals surface area contributed by atoms with Crippen LogP contribution in [0.2, 0.25) is 0 Å². The average molecular weight is 274 g/mol. The highest BCUT2D eigenvalue weighted by atomic mass is 79.9. The highest BCUT2D eigenvalue weighted by Crippen LogP contribution is 2.09. The normalized spacial score (nSPS) is 9.73. The lowest BCUT2D eigenvalue weighted by atomic mass is 10.4. The van der Waals surface area contributed by atoms with Crippen molar-refractivity contribution in [3.8, 4) is 0 Å². The van der Waals surface area contributed by atoms with Gasteiger partial charge in [-0.1, -0.05) is 0 Å². The van der Waals surface area contributed by atoms with E-state index in [0.717, 1.165) is 4.47 Å². The molecule has 6 heteroatoms. The molecule has 0 aliphatic heterocycles. The van der Waals surface area contributed by atoms with Crippen LogP contribution in [0.1, 0.15) is 17.4 Å². The topological polar surface area (TPSA) is 74.0 Å². The fourth-order valence-electron chi connectivity index (χ4n) is 1.01. The van der Waals surface area contributed by atoms with E-state index in [2.05, 4.69) is 31.5 Å². The molecular formula is C9H12BrN3O2. The van der Waals surface area contributed by atoms with Gasteiger partial charge in [0, 0.05) is 17.2 Å². The Morgan fingerprint density at radius 2 is 2.20 bits per heavy atom. The molecule has 82 valence electrons. The number of likely N-dealkylation sites (N-methyl/N-ethyl adjacent to an activating group) is 1. The summed E-state index contributed by atoms with van der Waals surface area (Å²) in [6.07, 6.45) is 1.65. The molecule has 0 bridgehead atoms. The second-order valence-electron chi connectivity index (χ2n) is 2.87. The van der Waals surface area contributed by atoms with E-state index in [9.17, 15) is 9.59 Å². The number of carbonyl (C=O) groups excluding carboxylic acids is 2. The summed E-state index contributed by atoms with van der Waals surface area (Å²) in [6, 6.07) is 1.65. The van der Waals surface area contributed by atoms with Gasteiger partial charge >= 0.3 is 0 Å². The van der Waals surface area contributed by atoms with Crippen LogP contribution in [0, 0.1) is 0 Å². The molecule has 0 unspecified atom stereocenters. The average Bonchev–Trinajstić information content (AvgIpc) is 2.62. The van der Waals surface area contributed by atoms with Gasteiger partial charge in [0.1, 0.15) is 5.69 Å². The Labute approximate surface area is 95.8 Å². The van der Waals surface area contributed by atoms with Crippen LogP contribution in [0.5, 0.6) is 0 Å². The minimum atomic E-state index is -0.299. The van der Waals surface area contributed by atoms with Gasteiger partial charge in [0.2, 0.25) is 5.91 Å². The number of H-pyrrole nitrogens is 1. The van der Waals surface area contributed by atoms with Crippen LogP contribution in [0.4, 0.5) is 0 Å². The molecule has 0 aliphatic rings. The quantitative estimate of drug-likeness (QED) is 0.754. The Morgan fingerprint density at radius 1 is 1.47 bits per heavy atom. The largest absolute Gasteiger partial charge is 0.356 e. The first kappa shape index (κ1) is 11.8. The first-order valence-corrected chi connectivity index (χ1v) is 5.31. The molecule has 0 atom stereocenters. The molecule has 1 heterocycles. The second-order valence-corrected chi connectivity index (χ2v) is 3.78. The standard InChI is InChI=1S/C9H12BrN3O2/c1-2-11-8(14)5-13-9(15)7-3-6(10)4-12-7/h3-4,12H,2,5H2,1H3,(H,11,14)(H,13,15). The summed E-state index contributed by atoms with van der Waals surface area (Å²) in [5.74, 6) is -0.497. The zero-order chi connectivity index (χ0) is 11.3. The summed E-state index contributed by atoms with van der Waals surface area (Å²) in [6.45, 7) is 2.37. The van der Waals surface area contributed by atoms with Crippen LogP contribution in [0.3, 0.4) is 0 Å². The lowest BCUT2D eigenvalue weighted by Gasteiger charge is -2.03. The maximum absolute atomic E-state index is 11.4. The number of aromatic amines is 1. The van der Waals surface area contributed by atoms with Crippen LogP contribution in [-0.2, 0) is 4.79 Å². The molecule has 3 N–H and O–H groups in total. The van der Waals surface area contributed by atoms with Crippen LogP contribution < -0.4 is 10.6 Å². The lowest BCUT2D eigenvalue weighted by molar-refractivity contribution is -0.120. The Hall–Kier alpha value is -1.30. The van der Waals surface area contributed by atoms with Gasteiger partial charge in [0.05, 0.1) is 6.54 Å². The maximum Gasteiger partial charge on any atom is 0.268 e. The molecule has 1 aromatic heterocycles. The van der Waals surface area contributed by atoms with Crippen molar-refractivity contribution in [3.63, 3.8) is 0 Å². The highest BCUT2D eigenvalue weighted by Gasteiger charge is 2.08. The predicted molar refractivity (Wildman–Crippen MR) is 59.5 cm³/mol. The third kappa shape index (κ3) is 3.75. The minimum Gasteiger partial charge on any atom is -0.356 e. The van der Waals surface area contributed by atoms with Crippen LogP contribution >= 0.6 is 15.9 Å². The van der Waals surface area contributed by atoms with Gasteiger partial charge in [-0.05, 0) is 28.9 Å². The van der Waals surface area contributed by atoms with Crippen molar-refractivity contribution in [2.24, 2.45) is 0 Å². The molecule has 1 rings (SSSR count). The zero-order valence-corrected chi connectivity index (χ0v) is 9.85. The zero-order valence-electron chi connectivity index (χ0n) is 8.26. The summed E-state index contributed by atoms with van der Waals surface area (Å²) in [5.41, 5.74) is 0.422. The molecule has 0 fully saturated rings. The van der Waals surface area contributed by atoms with Crippen molar-refractivity contribution in [2.45, 2.75) is 6.92 Å². The number of halogens is 1. The molecule has 0 saturated heterocycles. The SMILES string of the molecule is CCNC(=O)CNC(=O)c1cc(Br)c[nH]1. The molecule has 0 aliphatic carbocycles. The van der Waals surface area contributed by atoms with E-state index in [1.807, 2.05) is 6.92 Å². The summed E-state index contributed by atoms with van der Waals surface area (Å²) in [7, 11) is 0. The third-order valence-electron chi connectivity index (χ3n) is 1.68. The van der Waals surface area contributed by atoms with E-state index >= 15 is 0 Å². The highest BCUT2D eigenvalue weighted by molar-refractivity contribution is 9.10. The van der Waals surface area contributed by atoms with Crippen LogP contribution in [-0.4, -0.2) is 29.9 Å². The predicted octanol–water partition coefficient (Wildman–Crippen LogP) is 0.643. The molecule has 0 aromatic carbocycles. The summed E-state index contributed by atoms with van der Waals surface area (Å²) in [4.78, 5) is 25.2. The Balaban J connectivity index is 2.40. The number of aromatic nitrogens is 1. The first-order valence-electron chi connectivity index (χ1n) is 4.52. The number of hydrogen-bond acceptors (Lipinski definition) is 2. The van der Waals surface area contributed by atoms with Gasteiger partial charge in [-0.25, -0.2) is 0 Å². The third-order valence-corrected chi connectivity index (χ3v) is 2.13. The van der Waals surface area contributed by atoms with E-state index in [-0.39, 0.29) is 18.4 Å². The smallest absolute Gasteiger partial charge is 0.268 e. The molecule has 5 nitrogen and oxygen atoms in total. The molecule has 1 aromatic rings. The molecule has 15 heavy (non-hydrogen) atoms. The molecular weight excluding hydrogens is 262 g/mol. The maximum atomic E-state index is 11.4. The van der Waals surface area contributed by atoms with Gasteiger partial charge < -0.3 is 15.6 Å². The summed E-state index contributed by atoms with van der Waals surface area (Å²) >= 11 is 3.21. The van der Waals surface area contributed by atoms with E-state index < -0.39 is 0 Å². The summed E-state index contributed by atoms with van der Waals surface area (Å²) < 4.78 is 0.797. The molecule has 2 amide bonds. The van der Waals surface area contributed by atoms with Gasteiger partial charge in [-0.2, -0.15) is 0 Å². The van der Waals surface area contributed by atoms with Gasteiger partial charge in [0.15, 0.2) is 0 Å². The van der Waals surface area contributed by atoms with Crippen molar-refractivity contribution < 1.29 is 9.59 Å². The minimum absolute atomic E-state index is 0.0106. The molecule has 0 saturated carbocycles. The number of carbonyl (C=O) groups is 2. The number of nitrogens with one attached hydrogen (secondary N) is 3. The Bertz CT molecular complexity index is 362.